The summed E-state index contributed by atoms with van der Waals surface area (Å²) in [5.74, 6) is -0.0440. The highest BCUT2D eigenvalue weighted by Crippen LogP contribution is 2.08. The molecule has 1 atom stereocenters. The number of nitrogens with one attached hydrogen (secondary N) is 1. The molecule has 4 nitrogen and oxygen atoms in total. The standard InChI is InChI=1S/C17H27N3O/c18-16(14-15-8-3-1-4-9-15)17(21)19-10-7-13-20-11-5-2-6-12-20/h1,3-4,8-9,16H,2,5-7,10-14,18H2,(H,19,21)/t16-/m0/s1. The van der Waals surface area contributed by atoms with Crippen molar-refractivity contribution in [3.05, 3.63) is 35.9 Å². The summed E-state index contributed by atoms with van der Waals surface area (Å²) in [5, 5.41) is 2.95. The maximum Gasteiger partial charge on any atom is 0.237 e. The van der Waals surface area contributed by atoms with Crippen LogP contribution in [0.1, 0.15) is 31.2 Å². The molecule has 1 aromatic rings. The van der Waals surface area contributed by atoms with E-state index in [2.05, 4.69) is 10.2 Å². The minimum atomic E-state index is -0.456. The van der Waals surface area contributed by atoms with Gasteiger partial charge in [0.25, 0.3) is 0 Å². The first kappa shape index (κ1) is 16.0. The number of hydrogen-bond donors (Lipinski definition) is 2. The van der Waals surface area contributed by atoms with E-state index >= 15 is 0 Å². The van der Waals surface area contributed by atoms with Crippen molar-refractivity contribution in [3.8, 4) is 0 Å². The second kappa shape index (κ2) is 8.80. The number of benzene rings is 1. The van der Waals surface area contributed by atoms with Gasteiger partial charge in [-0.1, -0.05) is 36.8 Å². The summed E-state index contributed by atoms with van der Waals surface area (Å²) in [6.07, 6.45) is 5.59. The molecule has 116 valence electrons. The van der Waals surface area contributed by atoms with E-state index in [1.165, 1.54) is 32.4 Å². The Morgan fingerprint density at radius 3 is 2.62 bits per heavy atom. The number of likely N-dealkylation sites (tertiary alicyclic amines) is 1. The molecule has 1 aliphatic rings. The predicted molar refractivity (Wildman–Crippen MR) is 86.0 cm³/mol. The summed E-state index contributed by atoms with van der Waals surface area (Å²) in [4.78, 5) is 14.4. The van der Waals surface area contributed by atoms with Gasteiger partial charge in [0, 0.05) is 6.54 Å². The Kier molecular flexibility index (Phi) is 6.70. The van der Waals surface area contributed by atoms with Crippen molar-refractivity contribution in [2.24, 2.45) is 5.73 Å². The molecule has 0 bridgehead atoms. The summed E-state index contributed by atoms with van der Waals surface area (Å²) >= 11 is 0. The van der Waals surface area contributed by atoms with Crippen LogP contribution in [-0.4, -0.2) is 43.0 Å². The largest absolute Gasteiger partial charge is 0.355 e. The summed E-state index contributed by atoms with van der Waals surface area (Å²) < 4.78 is 0. The molecule has 0 radical (unpaired) electrons. The Bertz CT molecular complexity index is 415. The molecule has 1 fully saturated rings. The van der Waals surface area contributed by atoms with Crippen molar-refractivity contribution >= 4 is 5.91 Å². The number of piperidine rings is 1. The monoisotopic (exact) mass is 289 g/mol. The van der Waals surface area contributed by atoms with Crippen LogP contribution in [0.4, 0.5) is 0 Å². The number of rotatable bonds is 7. The highest BCUT2D eigenvalue weighted by Gasteiger charge is 2.14. The van der Waals surface area contributed by atoms with Gasteiger partial charge in [-0.2, -0.15) is 0 Å². The van der Waals surface area contributed by atoms with Crippen LogP contribution < -0.4 is 11.1 Å². The molecule has 0 saturated carbocycles. The smallest absolute Gasteiger partial charge is 0.237 e. The maximum atomic E-state index is 11.9. The number of nitrogens with two attached hydrogens (primary N) is 1. The lowest BCUT2D eigenvalue weighted by molar-refractivity contribution is -0.122. The number of hydrogen-bond acceptors (Lipinski definition) is 3. The Morgan fingerprint density at radius 1 is 1.19 bits per heavy atom. The molecular weight excluding hydrogens is 262 g/mol. The highest BCUT2D eigenvalue weighted by atomic mass is 16.2. The Balaban J connectivity index is 1.60. The Morgan fingerprint density at radius 2 is 1.90 bits per heavy atom. The van der Waals surface area contributed by atoms with Gasteiger partial charge >= 0.3 is 0 Å². The van der Waals surface area contributed by atoms with E-state index in [4.69, 9.17) is 5.73 Å². The third-order valence-electron chi connectivity index (χ3n) is 4.03. The third-order valence-corrected chi connectivity index (χ3v) is 4.03. The fourth-order valence-electron chi connectivity index (χ4n) is 2.79. The molecule has 3 N–H and O–H groups in total. The molecule has 1 amide bonds. The van der Waals surface area contributed by atoms with E-state index in [0.29, 0.717) is 6.42 Å². The van der Waals surface area contributed by atoms with Gasteiger partial charge in [0.1, 0.15) is 0 Å². The molecule has 1 aliphatic heterocycles. The van der Waals surface area contributed by atoms with Gasteiger partial charge < -0.3 is 16.0 Å². The fourth-order valence-corrected chi connectivity index (χ4v) is 2.79. The van der Waals surface area contributed by atoms with Crippen LogP contribution in [-0.2, 0) is 11.2 Å². The van der Waals surface area contributed by atoms with Gasteiger partial charge in [-0.05, 0) is 50.9 Å². The number of carbonyl (C=O) groups excluding carboxylic acids is 1. The van der Waals surface area contributed by atoms with Crippen molar-refractivity contribution in [3.63, 3.8) is 0 Å². The van der Waals surface area contributed by atoms with Crippen molar-refractivity contribution in [1.82, 2.24) is 10.2 Å². The van der Waals surface area contributed by atoms with Crippen molar-refractivity contribution in [1.29, 1.82) is 0 Å². The Hall–Kier alpha value is -1.39. The summed E-state index contributed by atoms with van der Waals surface area (Å²) in [5.41, 5.74) is 7.06. The SMILES string of the molecule is N[C@@H](Cc1ccccc1)C(=O)NCCCN1CCCCC1. The predicted octanol–water partition coefficient (Wildman–Crippen LogP) is 1.55. The average Bonchev–Trinajstić information content (AvgIpc) is 2.53. The molecule has 4 heteroatoms. The van der Waals surface area contributed by atoms with Gasteiger partial charge in [-0.25, -0.2) is 0 Å². The van der Waals surface area contributed by atoms with Gasteiger partial charge in [0.05, 0.1) is 6.04 Å². The van der Waals surface area contributed by atoms with Gasteiger partial charge in [-0.15, -0.1) is 0 Å². The first-order valence-electron chi connectivity index (χ1n) is 8.05. The van der Waals surface area contributed by atoms with Crippen LogP contribution in [0.2, 0.25) is 0 Å². The van der Waals surface area contributed by atoms with E-state index in [9.17, 15) is 4.79 Å². The van der Waals surface area contributed by atoms with E-state index in [-0.39, 0.29) is 5.91 Å². The van der Waals surface area contributed by atoms with Crippen LogP contribution in [0.3, 0.4) is 0 Å². The van der Waals surface area contributed by atoms with Crippen LogP contribution in [0.25, 0.3) is 0 Å². The summed E-state index contributed by atoms with van der Waals surface area (Å²) in [6, 6.07) is 9.46. The van der Waals surface area contributed by atoms with Gasteiger partial charge in [0.15, 0.2) is 0 Å². The summed E-state index contributed by atoms with van der Waals surface area (Å²) in [6.45, 7) is 4.22. The molecule has 1 saturated heterocycles. The zero-order chi connectivity index (χ0) is 14.9. The van der Waals surface area contributed by atoms with Gasteiger partial charge in [0.2, 0.25) is 5.91 Å². The van der Waals surface area contributed by atoms with Crippen molar-refractivity contribution in [2.45, 2.75) is 38.1 Å². The van der Waals surface area contributed by atoms with Crippen LogP contribution in [0.15, 0.2) is 30.3 Å². The molecule has 1 aromatic carbocycles. The zero-order valence-corrected chi connectivity index (χ0v) is 12.8. The summed E-state index contributed by atoms with van der Waals surface area (Å²) in [7, 11) is 0. The lowest BCUT2D eigenvalue weighted by atomic mass is 10.1. The first-order valence-corrected chi connectivity index (χ1v) is 8.05. The highest BCUT2D eigenvalue weighted by molar-refractivity contribution is 5.81. The molecule has 0 aromatic heterocycles. The van der Waals surface area contributed by atoms with Crippen molar-refractivity contribution in [2.75, 3.05) is 26.2 Å². The topological polar surface area (TPSA) is 58.4 Å². The van der Waals surface area contributed by atoms with E-state index in [1.807, 2.05) is 30.3 Å². The van der Waals surface area contributed by atoms with Crippen LogP contribution >= 0.6 is 0 Å². The zero-order valence-electron chi connectivity index (χ0n) is 12.8. The minimum absolute atomic E-state index is 0.0440. The molecular formula is C17H27N3O. The van der Waals surface area contributed by atoms with Crippen LogP contribution in [0.5, 0.6) is 0 Å². The van der Waals surface area contributed by atoms with E-state index < -0.39 is 6.04 Å². The van der Waals surface area contributed by atoms with Gasteiger partial charge in [-0.3, -0.25) is 4.79 Å². The lowest BCUT2D eigenvalue weighted by Crippen LogP contribution is -2.43. The maximum absolute atomic E-state index is 11.9. The third kappa shape index (κ3) is 5.86. The van der Waals surface area contributed by atoms with Crippen LogP contribution in [0, 0.1) is 0 Å². The Labute approximate surface area is 127 Å². The number of amides is 1. The molecule has 0 spiro atoms. The fraction of sp³-hybridized carbons (Fsp3) is 0.588. The number of nitrogens with zero attached hydrogens (tertiary/aromatic N) is 1. The second-order valence-corrected chi connectivity index (χ2v) is 5.84. The van der Waals surface area contributed by atoms with Crippen molar-refractivity contribution < 1.29 is 4.79 Å². The first-order chi connectivity index (χ1) is 10.3. The van der Waals surface area contributed by atoms with E-state index in [0.717, 1.165) is 25.1 Å². The molecule has 0 aliphatic carbocycles. The number of carbonyl (C=O) groups is 1. The van der Waals surface area contributed by atoms with E-state index in [1.54, 1.807) is 0 Å². The molecule has 0 unspecified atom stereocenters. The minimum Gasteiger partial charge on any atom is -0.355 e. The quantitative estimate of drug-likeness (QED) is 0.749. The average molecular weight is 289 g/mol. The molecule has 1 heterocycles. The molecule has 2 rings (SSSR count). The lowest BCUT2D eigenvalue weighted by Gasteiger charge is -2.26. The normalized spacial score (nSPS) is 17.4. The second-order valence-electron chi connectivity index (χ2n) is 5.84. The molecule has 21 heavy (non-hydrogen) atoms.